The molecule has 0 bridgehead atoms. The first-order valence-corrected chi connectivity index (χ1v) is 11.1. The summed E-state index contributed by atoms with van der Waals surface area (Å²) in [7, 11) is 0. The van der Waals surface area contributed by atoms with E-state index in [2.05, 4.69) is 9.88 Å². The topological polar surface area (TPSA) is 71.3 Å². The van der Waals surface area contributed by atoms with E-state index in [1.807, 2.05) is 24.3 Å². The van der Waals surface area contributed by atoms with E-state index in [9.17, 15) is 14.1 Å². The smallest absolute Gasteiger partial charge is 0.274 e. The van der Waals surface area contributed by atoms with Gasteiger partial charge in [0.15, 0.2) is 0 Å². The van der Waals surface area contributed by atoms with Crippen molar-refractivity contribution in [2.75, 3.05) is 19.6 Å². The number of hydrogen-bond donors (Lipinski definition) is 0. The van der Waals surface area contributed by atoms with Gasteiger partial charge in [-0.1, -0.05) is 28.2 Å². The summed E-state index contributed by atoms with van der Waals surface area (Å²) in [6.07, 6.45) is 6.57. The van der Waals surface area contributed by atoms with Gasteiger partial charge in [0.2, 0.25) is 6.41 Å². The molecule has 1 aliphatic heterocycles. The number of nitrogens with zero attached hydrogens (tertiary/aromatic N) is 5. The largest absolute Gasteiger partial charge is 0.298 e. The molecule has 4 rings (SSSR count). The second kappa shape index (κ2) is 10.2. The SMILES string of the molecule is O=CN(F)CCCN1CCCC1Cn1nc(Cc2ccc(Cl)cc2)c2cnccc2c1=O. The number of aromatic nitrogens is 3. The maximum Gasteiger partial charge on any atom is 0.274 e. The molecule has 0 radical (unpaired) electrons. The standard InChI is InChI=1S/C23H25ClFN5O2/c24-18-6-4-17(5-7-18)13-22-21-14-26-9-8-20(21)23(32)30(27-22)15-19-3-1-10-28(19)11-2-12-29(25)16-31/h4-9,14,16,19H,1-3,10-13,15H2. The third-order valence-electron chi connectivity index (χ3n) is 5.94. The van der Waals surface area contributed by atoms with E-state index in [1.54, 1.807) is 23.1 Å². The molecule has 1 atom stereocenters. The zero-order valence-corrected chi connectivity index (χ0v) is 18.4. The van der Waals surface area contributed by atoms with Crippen LogP contribution in [0.4, 0.5) is 4.48 Å². The third kappa shape index (κ3) is 5.14. The average molecular weight is 458 g/mol. The van der Waals surface area contributed by atoms with E-state index in [-0.39, 0.29) is 29.7 Å². The average Bonchev–Trinajstić information content (AvgIpc) is 3.25. The van der Waals surface area contributed by atoms with Gasteiger partial charge in [0.25, 0.3) is 5.56 Å². The molecule has 0 N–H and O–H groups in total. The van der Waals surface area contributed by atoms with Crippen molar-refractivity contribution in [2.45, 2.75) is 38.3 Å². The van der Waals surface area contributed by atoms with Crippen molar-refractivity contribution in [3.8, 4) is 0 Å². The molecule has 9 heteroatoms. The Hall–Kier alpha value is -2.84. The molecule has 1 aliphatic rings. The van der Waals surface area contributed by atoms with Crippen LogP contribution in [-0.4, -0.2) is 56.9 Å². The Bertz CT molecular complexity index is 1140. The van der Waals surface area contributed by atoms with Crippen molar-refractivity contribution in [1.29, 1.82) is 0 Å². The van der Waals surface area contributed by atoms with Crippen LogP contribution < -0.4 is 5.56 Å². The highest BCUT2D eigenvalue weighted by Crippen LogP contribution is 2.21. The van der Waals surface area contributed by atoms with Crippen LogP contribution in [0, 0.1) is 0 Å². The lowest BCUT2D eigenvalue weighted by molar-refractivity contribution is -0.131. The third-order valence-corrected chi connectivity index (χ3v) is 6.19. The quantitative estimate of drug-likeness (QED) is 0.364. The Morgan fingerprint density at radius 1 is 1.22 bits per heavy atom. The molecular weight excluding hydrogens is 433 g/mol. The Morgan fingerprint density at radius 2 is 2.03 bits per heavy atom. The Balaban J connectivity index is 1.58. The number of hydrogen-bond acceptors (Lipinski definition) is 5. The molecule has 7 nitrogen and oxygen atoms in total. The van der Waals surface area contributed by atoms with Gasteiger partial charge in [-0.2, -0.15) is 10.2 Å². The van der Waals surface area contributed by atoms with E-state index < -0.39 is 0 Å². The maximum atomic E-state index is 13.2. The van der Waals surface area contributed by atoms with Crippen molar-refractivity contribution >= 4 is 28.8 Å². The van der Waals surface area contributed by atoms with Gasteiger partial charge in [0, 0.05) is 41.8 Å². The number of halogens is 2. The van der Waals surface area contributed by atoms with Crippen LogP contribution in [0.2, 0.25) is 5.02 Å². The van der Waals surface area contributed by atoms with Gasteiger partial charge in [0.1, 0.15) is 0 Å². The minimum atomic E-state index is -0.134. The number of rotatable bonds is 9. The summed E-state index contributed by atoms with van der Waals surface area (Å²) in [5.41, 5.74) is 1.70. The fraction of sp³-hybridized carbons (Fsp3) is 0.391. The van der Waals surface area contributed by atoms with Crippen molar-refractivity contribution in [1.82, 2.24) is 24.8 Å². The van der Waals surface area contributed by atoms with Crippen LogP contribution >= 0.6 is 11.6 Å². The zero-order chi connectivity index (χ0) is 22.5. The Kier molecular flexibility index (Phi) is 7.12. The molecule has 2 aromatic heterocycles. The fourth-order valence-electron chi connectivity index (χ4n) is 4.32. The van der Waals surface area contributed by atoms with E-state index >= 15 is 0 Å². The van der Waals surface area contributed by atoms with Gasteiger partial charge in [-0.3, -0.25) is 19.5 Å². The normalized spacial score (nSPS) is 16.5. The maximum absolute atomic E-state index is 13.2. The zero-order valence-electron chi connectivity index (χ0n) is 17.7. The summed E-state index contributed by atoms with van der Waals surface area (Å²) in [6.45, 7) is 2.10. The van der Waals surface area contributed by atoms with E-state index in [0.717, 1.165) is 36.0 Å². The van der Waals surface area contributed by atoms with Crippen LogP contribution in [0.15, 0.2) is 47.5 Å². The first kappa shape index (κ1) is 22.4. The molecule has 168 valence electrons. The minimum absolute atomic E-state index is 0.0686. The van der Waals surface area contributed by atoms with Crippen LogP contribution in [0.1, 0.15) is 30.5 Å². The van der Waals surface area contributed by atoms with Crippen molar-refractivity contribution in [2.24, 2.45) is 0 Å². The minimum Gasteiger partial charge on any atom is -0.298 e. The number of benzene rings is 1. The number of likely N-dealkylation sites (tertiary alicyclic amines) is 1. The number of pyridine rings is 1. The van der Waals surface area contributed by atoms with Gasteiger partial charge >= 0.3 is 0 Å². The molecule has 1 saturated heterocycles. The lowest BCUT2D eigenvalue weighted by Gasteiger charge is -2.25. The summed E-state index contributed by atoms with van der Waals surface area (Å²) in [5.74, 6) is 0. The highest BCUT2D eigenvalue weighted by molar-refractivity contribution is 6.30. The van der Waals surface area contributed by atoms with Crippen LogP contribution in [0.3, 0.4) is 0 Å². The number of carbonyl (C=O) groups excluding carboxylic acids is 1. The molecule has 0 aliphatic carbocycles. The highest BCUT2D eigenvalue weighted by Gasteiger charge is 2.26. The lowest BCUT2D eigenvalue weighted by atomic mass is 10.1. The summed E-state index contributed by atoms with van der Waals surface area (Å²) >= 11 is 6.01. The molecule has 3 heterocycles. The molecule has 0 saturated carbocycles. The van der Waals surface area contributed by atoms with Gasteiger partial charge in [-0.25, -0.2) is 4.68 Å². The molecule has 1 aromatic carbocycles. The first-order valence-electron chi connectivity index (χ1n) is 10.7. The van der Waals surface area contributed by atoms with Gasteiger partial charge < -0.3 is 0 Å². The molecule has 3 aromatic rings. The number of amides is 1. The van der Waals surface area contributed by atoms with Gasteiger partial charge in [-0.05, 0) is 49.6 Å². The van der Waals surface area contributed by atoms with E-state index in [4.69, 9.17) is 16.7 Å². The fourth-order valence-corrected chi connectivity index (χ4v) is 4.44. The number of fused-ring (bicyclic) bond motifs is 1. The lowest BCUT2D eigenvalue weighted by Crippen LogP contribution is -2.38. The molecule has 32 heavy (non-hydrogen) atoms. The van der Waals surface area contributed by atoms with Crippen molar-refractivity contribution in [3.63, 3.8) is 0 Å². The predicted molar refractivity (Wildman–Crippen MR) is 121 cm³/mol. The Labute approximate surface area is 190 Å². The van der Waals surface area contributed by atoms with Gasteiger partial charge in [0.05, 0.1) is 24.2 Å². The molecule has 1 unspecified atom stereocenters. The van der Waals surface area contributed by atoms with E-state index in [0.29, 0.717) is 36.3 Å². The Morgan fingerprint density at radius 3 is 2.81 bits per heavy atom. The van der Waals surface area contributed by atoms with Crippen LogP contribution in [0.25, 0.3) is 10.8 Å². The summed E-state index contributed by atoms with van der Waals surface area (Å²) in [6, 6.07) is 9.47. The monoisotopic (exact) mass is 457 g/mol. The van der Waals surface area contributed by atoms with Gasteiger partial charge in [-0.15, -0.1) is 0 Å². The predicted octanol–water partition coefficient (Wildman–Crippen LogP) is 3.23. The second-order valence-electron chi connectivity index (χ2n) is 8.07. The first-order chi connectivity index (χ1) is 15.5. The van der Waals surface area contributed by atoms with Crippen LogP contribution in [-0.2, 0) is 17.8 Å². The number of carbonyl (C=O) groups is 1. The molecule has 1 fully saturated rings. The summed E-state index contributed by atoms with van der Waals surface area (Å²) in [4.78, 5) is 30.0. The highest BCUT2D eigenvalue weighted by atomic mass is 35.5. The van der Waals surface area contributed by atoms with Crippen molar-refractivity contribution in [3.05, 3.63) is 69.4 Å². The summed E-state index contributed by atoms with van der Waals surface area (Å²) in [5, 5.41) is 6.92. The van der Waals surface area contributed by atoms with Crippen LogP contribution in [0.5, 0.6) is 0 Å². The second-order valence-corrected chi connectivity index (χ2v) is 8.51. The molecule has 1 amide bonds. The molecular formula is C23H25ClFN5O2. The summed E-state index contributed by atoms with van der Waals surface area (Å²) < 4.78 is 14.6. The van der Waals surface area contributed by atoms with E-state index in [1.165, 1.54) is 0 Å². The molecule has 0 spiro atoms. The van der Waals surface area contributed by atoms with Crippen molar-refractivity contribution < 1.29 is 9.28 Å².